The van der Waals surface area contributed by atoms with E-state index in [1.165, 1.54) is 0 Å². The first-order valence-electron chi connectivity index (χ1n) is 9.82. The van der Waals surface area contributed by atoms with E-state index in [-0.39, 0.29) is 23.5 Å². The molecule has 1 N–H and O–H groups in total. The molecule has 28 heavy (non-hydrogen) atoms. The fraction of sp³-hybridized carbons (Fsp3) is 0.500. The highest BCUT2D eigenvalue weighted by molar-refractivity contribution is 7.91. The van der Waals surface area contributed by atoms with Crippen molar-refractivity contribution in [1.29, 1.82) is 0 Å². The maximum absolute atomic E-state index is 12.9. The smallest absolute Gasteiger partial charge is 0.276 e. The largest absolute Gasteiger partial charge is 0.494 e. The molecule has 2 aliphatic rings. The highest BCUT2D eigenvalue weighted by atomic mass is 32.2. The molecule has 1 saturated heterocycles. The van der Waals surface area contributed by atoms with Gasteiger partial charge in [0.2, 0.25) is 0 Å². The Balaban J connectivity index is 1.59. The number of sulfone groups is 1. The molecule has 2 heterocycles. The van der Waals surface area contributed by atoms with E-state index in [1.807, 2.05) is 23.7 Å². The number of anilines is 1. The van der Waals surface area contributed by atoms with Crippen LogP contribution in [0.15, 0.2) is 24.3 Å². The summed E-state index contributed by atoms with van der Waals surface area (Å²) in [7, 11) is -3.01. The van der Waals surface area contributed by atoms with Crippen LogP contribution >= 0.6 is 0 Å². The molecule has 2 aromatic rings. The molecule has 7 nitrogen and oxygen atoms in total. The standard InChI is InChI=1S/C20H25N3O4S/c1-2-27-16-9-7-14(8-10-16)21-20(24)19-17-5-3-4-6-18(17)23(22-19)15-11-12-28(25,26)13-15/h7-10,15H,2-6,11-13H2,1H3,(H,21,24)/t15-/m1/s1. The monoisotopic (exact) mass is 403 g/mol. The second kappa shape index (κ2) is 7.58. The molecule has 0 radical (unpaired) electrons. The second-order valence-electron chi connectivity index (χ2n) is 7.39. The molecule has 0 bridgehead atoms. The first-order valence-corrected chi connectivity index (χ1v) is 11.6. The van der Waals surface area contributed by atoms with Gasteiger partial charge < -0.3 is 10.1 Å². The number of fused-ring (bicyclic) bond motifs is 1. The molecular formula is C20H25N3O4S. The van der Waals surface area contributed by atoms with E-state index < -0.39 is 9.84 Å². The number of benzene rings is 1. The van der Waals surface area contributed by atoms with Gasteiger partial charge >= 0.3 is 0 Å². The van der Waals surface area contributed by atoms with Gasteiger partial charge in [0.05, 0.1) is 24.2 Å². The number of nitrogens with zero attached hydrogens (tertiary/aromatic N) is 2. The summed E-state index contributed by atoms with van der Waals surface area (Å²) in [6.07, 6.45) is 4.27. The molecule has 1 aliphatic heterocycles. The Morgan fingerprint density at radius 3 is 2.68 bits per heavy atom. The first kappa shape index (κ1) is 19.0. The van der Waals surface area contributed by atoms with Crippen LogP contribution in [0, 0.1) is 0 Å². The summed E-state index contributed by atoms with van der Waals surface area (Å²) < 4.78 is 31.1. The van der Waals surface area contributed by atoms with Crippen molar-refractivity contribution in [1.82, 2.24) is 9.78 Å². The highest BCUT2D eigenvalue weighted by Crippen LogP contribution is 2.31. The Labute approximate surface area is 165 Å². The highest BCUT2D eigenvalue weighted by Gasteiger charge is 2.34. The number of ether oxygens (including phenoxy) is 1. The molecular weight excluding hydrogens is 378 g/mol. The van der Waals surface area contributed by atoms with Crippen LogP contribution in [0.1, 0.15) is 54.0 Å². The molecule has 8 heteroatoms. The van der Waals surface area contributed by atoms with Crippen LogP contribution in [0.4, 0.5) is 5.69 Å². The maximum atomic E-state index is 12.9. The van der Waals surface area contributed by atoms with Gasteiger partial charge in [-0.15, -0.1) is 0 Å². The zero-order valence-electron chi connectivity index (χ0n) is 16.0. The Morgan fingerprint density at radius 2 is 2.00 bits per heavy atom. The number of hydrogen-bond donors (Lipinski definition) is 1. The lowest BCUT2D eigenvalue weighted by molar-refractivity contribution is 0.102. The van der Waals surface area contributed by atoms with Gasteiger partial charge in [0.15, 0.2) is 15.5 Å². The molecule has 1 aliphatic carbocycles. The van der Waals surface area contributed by atoms with E-state index in [0.717, 1.165) is 42.7 Å². The zero-order valence-corrected chi connectivity index (χ0v) is 16.8. The third-order valence-electron chi connectivity index (χ3n) is 5.40. The van der Waals surface area contributed by atoms with Gasteiger partial charge in [-0.3, -0.25) is 9.48 Å². The van der Waals surface area contributed by atoms with Gasteiger partial charge in [-0.2, -0.15) is 5.10 Å². The van der Waals surface area contributed by atoms with Crippen molar-refractivity contribution >= 4 is 21.4 Å². The fourth-order valence-electron chi connectivity index (χ4n) is 4.07. The average Bonchev–Trinajstić information content (AvgIpc) is 3.23. The topological polar surface area (TPSA) is 90.3 Å². The molecule has 1 aromatic heterocycles. The van der Waals surface area contributed by atoms with Crippen LogP contribution in [0.2, 0.25) is 0 Å². The summed E-state index contributed by atoms with van der Waals surface area (Å²) >= 11 is 0. The van der Waals surface area contributed by atoms with Gasteiger partial charge in [-0.25, -0.2) is 8.42 Å². The zero-order chi connectivity index (χ0) is 19.7. The van der Waals surface area contributed by atoms with Crippen LogP contribution < -0.4 is 10.1 Å². The lowest BCUT2D eigenvalue weighted by Crippen LogP contribution is -2.17. The molecule has 0 unspecified atom stereocenters. The first-order chi connectivity index (χ1) is 13.5. The molecule has 1 amide bonds. The quantitative estimate of drug-likeness (QED) is 0.829. The number of rotatable bonds is 5. The predicted octanol–water partition coefficient (Wildman–Crippen LogP) is 2.77. The van der Waals surface area contributed by atoms with Crippen molar-refractivity contribution in [2.45, 2.75) is 45.1 Å². The molecule has 150 valence electrons. The van der Waals surface area contributed by atoms with Crippen LogP contribution in [0.25, 0.3) is 0 Å². The molecule has 0 saturated carbocycles. The van der Waals surface area contributed by atoms with Gasteiger partial charge in [0.1, 0.15) is 5.75 Å². The van der Waals surface area contributed by atoms with E-state index in [9.17, 15) is 13.2 Å². The maximum Gasteiger partial charge on any atom is 0.276 e. The molecule has 0 spiro atoms. The van der Waals surface area contributed by atoms with E-state index in [2.05, 4.69) is 10.4 Å². The van der Waals surface area contributed by atoms with Gasteiger partial charge in [-0.1, -0.05) is 0 Å². The van der Waals surface area contributed by atoms with E-state index in [0.29, 0.717) is 24.4 Å². The summed E-state index contributed by atoms with van der Waals surface area (Å²) in [5.74, 6) is 0.813. The average molecular weight is 404 g/mol. The number of carbonyl (C=O) groups is 1. The minimum absolute atomic E-state index is 0.112. The summed E-state index contributed by atoms with van der Waals surface area (Å²) in [6, 6.07) is 7.07. The van der Waals surface area contributed by atoms with Crippen molar-refractivity contribution in [2.75, 3.05) is 23.4 Å². The minimum atomic E-state index is -3.01. The number of nitrogens with one attached hydrogen (secondary N) is 1. The number of hydrogen-bond acceptors (Lipinski definition) is 5. The lowest BCUT2D eigenvalue weighted by atomic mass is 9.95. The number of aromatic nitrogens is 2. The normalized spacial score (nSPS) is 20.5. The van der Waals surface area contributed by atoms with Crippen LogP contribution in [-0.4, -0.2) is 42.2 Å². The van der Waals surface area contributed by atoms with Crippen molar-refractivity contribution in [3.63, 3.8) is 0 Å². The Kier molecular flexibility index (Phi) is 5.14. The molecule has 1 fully saturated rings. The van der Waals surface area contributed by atoms with Gasteiger partial charge in [0.25, 0.3) is 5.91 Å². The van der Waals surface area contributed by atoms with Crippen molar-refractivity contribution in [2.24, 2.45) is 0 Å². The van der Waals surface area contributed by atoms with Crippen molar-refractivity contribution in [3.8, 4) is 5.75 Å². The van der Waals surface area contributed by atoms with Crippen LogP contribution in [0.5, 0.6) is 5.75 Å². The Hall–Kier alpha value is -2.35. The lowest BCUT2D eigenvalue weighted by Gasteiger charge is -2.17. The van der Waals surface area contributed by atoms with Gasteiger partial charge in [0, 0.05) is 16.9 Å². The number of carbonyl (C=O) groups excluding carboxylic acids is 1. The minimum Gasteiger partial charge on any atom is -0.494 e. The Bertz CT molecular complexity index is 980. The fourth-order valence-corrected chi connectivity index (χ4v) is 5.76. The SMILES string of the molecule is CCOc1ccc(NC(=O)c2nn([C@@H]3CCS(=O)(=O)C3)c3c2CCCC3)cc1. The van der Waals surface area contributed by atoms with Crippen molar-refractivity contribution in [3.05, 3.63) is 41.2 Å². The Morgan fingerprint density at radius 1 is 1.25 bits per heavy atom. The summed E-state index contributed by atoms with van der Waals surface area (Å²) in [5, 5.41) is 7.51. The van der Waals surface area contributed by atoms with Gasteiger partial charge in [-0.05, 0) is 63.3 Å². The second-order valence-corrected chi connectivity index (χ2v) is 9.62. The van der Waals surface area contributed by atoms with E-state index in [4.69, 9.17) is 4.74 Å². The van der Waals surface area contributed by atoms with E-state index >= 15 is 0 Å². The van der Waals surface area contributed by atoms with E-state index in [1.54, 1.807) is 12.1 Å². The van der Waals surface area contributed by atoms with Crippen LogP contribution in [-0.2, 0) is 22.7 Å². The number of amides is 1. The summed E-state index contributed by atoms with van der Waals surface area (Å²) in [4.78, 5) is 12.9. The molecule has 1 atom stereocenters. The summed E-state index contributed by atoms with van der Waals surface area (Å²) in [6.45, 7) is 2.51. The van der Waals surface area contributed by atoms with Crippen LogP contribution in [0.3, 0.4) is 0 Å². The van der Waals surface area contributed by atoms with Crippen molar-refractivity contribution < 1.29 is 17.9 Å². The predicted molar refractivity (Wildman–Crippen MR) is 107 cm³/mol. The third kappa shape index (κ3) is 3.78. The molecule has 1 aromatic carbocycles. The molecule has 4 rings (SSSR count). The third-order valence-corrected chi connectivity index (χ3v) is 7.15. The summed E-state index contributed by atoms with van der Waals surface area (Å²) in [5.41, 5.74) is 3.10.